The minimum atomic E-state index is -0.261. The molecule has 1 aliphatic carbocycles. The summed E-state index contributed by atoms with van der Waals surface area (Å²) in [6.45, 7) is 2.20. The summed E-state index contributed by atoms with van der Waals surface area (Å²) in [5.41, 5.74) is 2.78. The van der Waals surface area contributed by atoms with Gasteiger partial charge >= 0.3 is 5.97 Å². The predicted molar refractivity (Wildman–Crippen MR) is 110 cm³/mol. The lowest BCUT2D eigenvalue weighted by atomic mass is 10.0. The average Bonchev–Trinajstić information content (AvgIpc) is 3.26. The Balaban J connectivity index is 1.76. The van der Waals surface area contributed by atoms with E-state index in [-0.39, 0.29) is 5.97 Å². The summed E-state index contributed by atoms with van der Waals surface area (Å²) in [5, 5.41) is 2.86. The second kappa shape index (κ2) is 7.53. The molecule has 5 heteroatoms. The van der Waals surface area contributed by atoms with Crippen LogP contribution in [0.5, 0.6) is 5.75 Å². The van der Waals surface area contributed by atoms with Gasteiger partial charge < -0.3 is 9.47 Å². The number of hydrogen-bond acceptors (Lipinski definition) is 5. The zero-order valence-electron chi connectivity index (χ0n) is 15.5. The SMILES string of the molecule is CCOC(=O)c1c(N=Cc2ccc(OC)c3ccccc23)sc2c1CCC2. The minimum absolute atomic E-state index is 0.261. The Morgan fingerprint density at radius 1 is 1.19 bits per heavy atom. The summed E-state index contributed by atoms with van der Waals surface area (Å²) < 4.78 is 10.7. The fourth-order valence-electron chi connectivity index (χ4n) is 3.61. The first kappa shape index (κ1) is 17.7. The van der Waals surface area contributed by atoms with Gasteiger partial charge in [0.05, 0.1) is 19.3 Å². The van der Waals surface area contributed by atoms with E-state index in [0.717, 1.165) is 51.9 Å². The number of aryl methyl sites for hydroxylation is 1. The molecule has 0 aliphatic heterocycles. The number of aliphatic imine (C=N–C) groups is 1. The third kappa shape index (κ3) is 3.23. The first-order valence-electron chi connectivity index (χ1n) is 9.14. The van der Waals surface area contributed by atoms with E-state index >= 15 is 0 Å². The van der Waals surface area contributed by atoms with E-state index in [4.69, 9.17) is 14.5 Å². The highest BCUT2D eigenvalue weighted by atomic mass is 32.1. The number of benzene rings is 2. The average molecular weight is 379 g/mol. The van der Waals surface area contributed by atoms with Crippen LogP contribution in [0.4, 0.5) is 5.00 Å². The maximum atomic E-state index is 12.5. The van der Waals surface area contributed by atoms with E-state index in [0.29, 0.717) is 12.2 Å². The summed E-state index contributed by atoms with van der Waals surface area (Å²) in [7, 11) is 1.67. The number of thiophene rings is 1. The molecule has 0 spiro atoms. The summed E-state index contributed by atoms with van der Waals surface area (Å²) in [5.74, 6) is 0.578. The maximum absolute atomic E-state index is 12.5. The van der Waals surface area contributed by atoms with Crippen molar-refractivity contribution in [3.8, 4) is 5.75 Å². The molecule has 1 heterocycles. The van der Waals surface area contributed by atoms with Gasteiger partial charge in [0.15, 0.2) is 0 Å². The van der Waals surface area contributed by atoms with Crippen LogP contribution in [0, 0.1) is 0 Å². The van der Waals surface area contributed by atoms with Crippen LogP contribution >= 0.6 is 11.3 Å². The number of carbonyl (C=O) groups is 1. The summed E-state index contributed by atoms with van der Waals surface area (Å²) in [6.07, 6.45) is 4.89. The minimum Gasteiger partial charge on any atom is -0.496 e. The maximum Gasteiger partial charge on any atom is 0.341 e. The van der Waals surface area contributed by atoms with E-state index < -0.39 is 0 Å². The van der Waals surface area contributed by atoms with Crippen LogP contribution < -0.4 is 4.74 Å². The highest BCUT2D eigenvalue weighted by Crippen LogP contribution is 2.41. The molecule has 0 radical (unpaired) electrons. The van der Waals surface area contributed by atoms with Crippen LogP contribution in [0.3, 0.4) is 0 Å². The van der Waals surface area contributed by atoms with Crippen molar-refractivity contribution in [2.24, 2.45) is 4.99 Å². The standard InChI is InChI=1S/C22H21NO3S/c1-3-26-22(24)20-17-9-6-10-19(17)27-21(20)23-13-14-11-12-18(25-2)16-8-5-4-7-15(14)16/h4-5,7-8,11-13H,3,6,9-10H2,1-2H3. The number of carbonyl (C=O) groups excluding carboxylic acids is 1. The molecular formula is C22H21NO3S. The summed E-state index contributed by atoms with van der Waals surface area (Å²) in [4.78, 5) is 18.5. The number of ether oxygens (including phenoxy) is 2. The highest BCUT2D eigenvalue weighted by molar-refractivity contribution is 7.16. The molecule has 0 bridgehead atoms. The predicted octanol–water partition coefficient (Wildman–Crippen LogP) is 5.33. The van der Waals surface area contributed by atoms with Gasteiger partial charge in [-0.15, -0.1) is 11.3 Å². The molecular weight excluding hydrogens is 358 g/mol. The first-order valence-corrected chi connectivity index (χ1v) is 9.96. The summed E-state index contributed by atoms with van der Waals surface area (Å²) >= 11 is 1.61. The molecule has 1 aromatic heterocycles. The van der Waals surface area contributed by atoms with Gasteiger partial charge in [-0.25, -0.2) is 9.79 Å². The van der Waals surface area contributed by atoms with Crippen molar-refractivity contribution < 1.29 is 14.3 Å². The lowest BCUT2D eigenvalue weighted by Crippen LogP contribution is -2.06. The number of hydrogen-bond donors (Lipinski definition) is 0. The van der Waals surface area contributed by atoms with Crippen LogP contribution in [0.25, 0.3) is 10.8 Å². The fourth-order valence-corrected chi connectivity index (χ4v) is 4.83. The van der Waals surface area contributed by atoms with Crippen LogP contribution in [-0.2, 0) is 17.6 Å². The Morgan fingerprint density at radius 2 is 2.00 bits per heavy atom. The Kier molecular flexibility index (Phi) is 4.94. The van der Waals surface area contributed by atoms with Crippen molar-refractivity contribution in [2.45, 2.75) is 26.2 Å². The van der Waals surface area contributed by atoms with Gasteiger partial charge in [0, 0.05) is 22.0 Å². The summed E-state index contributed by atoms with van der Waals surface area (Å²) in [6, 6.07) is 12.0. The lowest BCUT2D eigenvalue weighted by Gasteiger charge is -2.07. The molecule has 138 valence electrons. The molecule has 2 aromatic carbocycles. The Labute approximate surface area is 162 Å². The molecule has 4 rings (SSSR count). The first-order chi connectivity index (χ1) is 13.2. The van der Waals surface area contributed by atoms with Gasteiger partial charge in [0.2, 0.25) is 0 Å². The fraction of sp³-hybridized carbons (Fsp3) is 0.273. The van der Waals surface area contributed by atoms with E-state index in [1.165, 1.54) is 4.88 Å². The molecule has 0 fully saturated rings. The van der Waals surface area contributed by atoms with Crippen LogP contribution in [0.1, 0.15) is 39.7 Å². The van der Waals surface area contributed by atoms with Crippen molar-refractivity contribution in [3.05, 3.63) is 58.0 Å². The third-order valence-electron chi connectivity index (χ3n) is 4.84. The zero-order chi connectivity index (χ0) is 18.8. The molecule has 0 atom stereocenters. The Morgan fingerprint density at radius 3 is 2.78 bits per heavy atom. The second-order valence-electron chi connectivity index (χ2n) is 6.42. The van der Waals surface area contributed by atoms with Gasteiger partial charge in [0.1, 0.15) is 10.8 Å². The molecule has 0 saturated carbocycles. The van der Waals surface area contributed by atoms with Gasteiger partial charge in [-0.2, -0.15) is 0 Å². The molecule has 1 aliphatic rings. The smallest absolute Gasteiger partial charge is 0.341 e. The molecule has 0 unspecified atom stereocenters. The number of esters is 1. The quantitative estimate of drug-likeness (QED) is 0.445. The van der Waals surface area contributed by atoms with Gasteiger partial charge in [0.25, 0.3) is 0 Å². The van der Waals surface area contributed by atoms with Crippen LogP contribution in [0.15, 0.2) is 41.4 Å². The molecule has 4 nitrogen and oxygen atoms in total. The van der Waals surface area contributed by atoms with Gasteiger partial charge in [-0.1, -0.05) is 24.3 Å². The van der Waals surface area contributed by atoms with Crippen LogP contribution in [-0.4, -0.2) is 25.9 Å². The number of fused-ring (bicyclic) bond motifs is 2. The van der Waals surface area contributed by atoms with Crippen molar-refractivity contribution in [3.63, 3.8) is 0 Å². The lowest BCUT2D eigenvalue weighted by molar-refractivity contribution is 0.0527. The molecule has 0 N–H and O–H groups in total. The Bertz CT molecular complexity index is 1040. The Hall–Kier alpha value is -2.66. The van der Waals surface area contributed by atoms with Gasteiger partial charge in [-0.05, 0) is 49.3 Å². The number of methoxy groups -OCH3 is 1. The highest BCUT2D eigenvalue weighted by Gasteiger charge is 2.27. The van der Waals surface area contributed by atoms with Crippen LogP contribution in [0.2, 0.25) is 0 Å². The van der Waals surface area contributed by atoms with Crippen molar-refractivity contribution in [1.82, 2.24) is 0 Å². The molecule has 3 aromatic rings. The molecule has 27 heavy (non-hydrogen) atoms. The zero-order valence-corrected chi connectivity index (χ0v) is 16.3. The number of nitrogens with zero attached hydrogens (tertiary/aromatic N) is 1. The van der Waals surface area contributed by atoms with E-state index in [9.17, 15) is 4.79 Å². The van der Waals surface area contributed by atoms with Crippen molar-refractivity contribution >= 4 is 39.3 Å². The second-order valence-corrected chi connectivity index (χ2v) is 7.50. The van der Waals surface area contributed by atoms with Gasteiger partial charge in [-0.3, -0.25) is 0 Å². The third-order valence-corrected chi connectivity index (χ3v) is 6.04. The topological polar surface area (TPSA) is 47.9 Å². The number of rotatable bonds is 5. The van der Waals surface area contributed by atoms with Crippen molar-refractivity contribution in [2.75, 3.05) is 13.7 Å². The normalized spacial score (nSPS) is 13.3. The largest absolute Gasteiger partial charge is 0.496 e. The van der Waals surface area contributed by atoms with E-state index in [1.54, 1.807) is 18.4 Å². The van der Waals surface area contributed by atoms with E-state index in [1.807, 2.05) is 43.5 Å². The molecule has 0 saturated heterocycles. The van der Waals surface area contributed by atoms with Crippen molar-refractivity contribution in [1.29, 1.82) is 0 Å². The molecule has 0 amide bonds. The van der Waals surface area contributed by atoms with E-state index in [2.05, 4.69) is 6.07 Å². The monoisotopic (exact) mass is 379 g/mol.